The van der Waals surface area contributed by atoms with Gasteiger partial charge in [-0.05, 0) is 19.9 Å². The van der Waals surface area contributed by atoms with Crippen molar-refractivity contribution in [1.29, 1.82) is 0 Å². The highest BCUT2D eigenvalue weighted by molar-refractivity contribution is 5.28. The summed E-state index contributed by atoms with van der Waals surface area (Å²) in [5, 5.41) is 3.05. The molecule has 0 bridgehead atoms. The predicted molar refractivity (Wildman–Crippen MR) is 61.5 cm³/mol. The SMILES string of the molecule is CNCc1coc(N2CCCC(OC)C2)n1. The van der Waals surface area contributed by atoms with Gasteiger partial charge in [-0.1, -0.05) is 0 Å². The fraction of sp³-hybridized carbons (Fsp3) is 0.727. The summed E-state index contributed by atoms with van der Waals surface area (Å²) in [5.41, 5.74) is 0.942. The van der Waals surface area contributed by atoms with Gasteiger partial charge in [0.1, 0.15) is 6.26 Å². The van der Waals surface area contributed by atoms with Gasteiger partial charge < -0.3 is 19.4 Å². The molecule has 1 atom stereocenters. The van der Waals surface area contributed by atoms with E-state index in [0.717, 1.165) is 38.2 Å². The van der Waals surface area contributed by atoms with Crippen molar-refractivity contribution in [2.75, 3.05) is 32.1 Å². The number of piperidine rings is 1. The van der Waals surface area contributed by atoms with Crippen molar-refractivity contribution in [2.24, 2.45) is 0 Å². The van der Waals surface area contributed by atoms with Gasteiger partial charge in [0.05, 0.1) is 11.8 Å². The monoisotopic (exact) mass is 225 g/mol. The molecule has 0 aromatic carbocycles. The lowest BCUT2D eigenvalue weighted by Gasteiger charge is -2.30. The summed E-state index contributed by atoms with van der Waals surface area (Å²) in [4.78, 5) is 6.58. The number of nitrogens with one attached hydrogen (secondary N) is 1. The van der Waals surface area contributed by atoms with Crippen LogP contribution in [0, 0.1) is 0 Å². The highest BCUT2D eigenvalue weighted by Crippen LogP contribution is 2.20. The van der Waals surface area contributed by atoms with E-state index < -0.39 is 0 Å². The molecule has 1 fully saturated rings. The predicted octanol–water partition coefficient (Wildman–Crippen LogP) is 1.01. The molecule has 0 aliphatic carbocycles. The quantitative estimate of drug-likeness (QED) is 0.828. The van der Waals surface area contributed by atoms with Gasteiger partial charge in [-0.2, -0.15) is 4.98 Å². The van der Waals surface area contributed by atoms with Crippen molar-refractivity contribution < 1.29 is 9.15 Å². The minimum absolute atomic E-state index is 0.299. The molecule has 5 nitrogen and oxygen atoms in total. The lowest BCUT2D eigenvalue weighted by Crippen LogP contribution is -2.39. The van der Waals surface area contributed by atoms with Crippen LogP contribution in [0.1, 0.15) is 18.5 Å². The topological polar surface area (TPSA) is 50.5 Å². The number of hydrogen-bond acceptors (Lipinski definition) is 5. The van der Waals surface area contributed by atoms with Gasteiger partial charge in [-0.15, -0.1) is 0 Å². The Morgan fingerprint density at radius 2 is 2.56 bits per heavy atom. The molecule has 2 heterocycles. The van der Waals surface area contributed by atoms with E-state index in [4.69, 9.17) is 9.15 Å². The maximum Gasteiger partial charge on any atom is 0.297 e. The van der Waals surface area contributed by atoms with E-state index in [1.165, 1.54) is 0 Å². The molecular formula is C11H19N3O2. The van der Waals surface area contributed by atoms with Crippen LogP contribution < -0.4 is 10.2 Å². The zero-order valence-corrected chi connectivity index (χ0v) is 9.90. The molecule has 5 heteroatoms. The van der Waals surface area contributed by atoms with Crippen LogP contribution in [0.25, 0.3) is 0 Å². The number of rotatable bonds is 4. The molecule has 0 amide bonds. The molecule has 1 aliphatic rings. The fourth-order valence-electron chi connectivity index (χ4n) is 2.01. The first-order chi connectivity index (χ1) is 7.83. The Bertz CT molecular complexity index is 327. The Kier molecular flexibility index (Phi) is 3.79. The molecule has 1 aliphatic heterocycles. The van der Waals surface area contributed by atoms with Crippen LogP contribution in [-0.2, 0) is 11.3 Å². The van der Waals surface area contributed by atoms with Crippen LogP contribution in [0.3, 0.4) is 0 Å². The zero-order chi connectivity index (χ0) is 11.4. The van der Waals surface area contributed by atoms with Crippen LogP contribution in [0.15, 0.2) is 10.7 Å². The van der Waals surface area contributed by atoms with Gasteiger partial charge in [0.15, 0.2) is 0 Å². The van der Waals surface area contributed by atoms with Gasteiger partial charge in [-0.3, -0.25) is 0 Å². The van der Waals surface area contributed by atoms with Crippen LogP contribution in [0.4, 0.5) is 6.01 Å². The summed E-state index contributed by atoms with van der Waals surface area (Å²) in [7, 11) is 3.66. The minimum Gasteiger partial charge on any atom is -0.432 e. The third-order valence-electron chi connectivity index (χ3n) is 2.88. The Morgan fingerprint density at radius 3 is 3.31 bits per heavy atom. The number of ether oxygens (including phenoxy) is 1. The minimum atomic E-state index is 0.299. The van der Waals surface area contributed by atoms with E-state index in [1.54, 1.807) is 13.4 Å². The van der Waals surface area contributed by atoms with Crippen molar-refractivity contribution in [3.05, 3.63) is 12.0 Å². The molecule has 2 rings (SSSR count). The van der Waals surface area contributed by atoms with Gasteiger partial charge in [-0.25, -0.2) is 0 Å². The van der Waals surface area contributed by atoms with Gasteiger partial charge in [0, 0.05) is 26.7 Å². The molecule has 16 heavy (non-hydrogen) atoms. The highest BCUT2D eigenvalue weighted by Gasteiger charge is 2.22. The molecule has 1 unspecified atom stereocenters. The lowest BCUT2D eigenvalue weighted by molar-refractivity contribution is 0.0879. The van der Waals surface area contributed by atoms with Crippen LogP contribution >= 0.6 is 0 Å². The highest BCUT2D eigenvalue weighted by atomic mass is 16.5. The number of aromatic nitrogens is 1. The Hall–Kier alpha value is -1.07. The fourth-order valence-corrected chi connectivity index (χ4v) is 2.01. The molecule has 1 aromatic rings. The number of oxazole rings is 1. The van der Waals surface area contributed by atoms with E-state index in [0.29, 0.717) is 12.1 Å². The number of hydrogen-bond donors (Lipinski definition) is 1. The van der Waals surface area contributed by atoms with Crippen LogP contribution in [-0.4, -0.2) is 38.3 Å². The number of nitrogens with zero attached hydrogens (tertiary/aromatic N) is 2. The van der Waals surface area contributed by atoms with E-state index in [9.17, 15) is 0 Å². The van der Waals surface area contributed by atoms with Gasteiger partial charge >= 0.3 is 0 Å². The molecule has 1 saturated heterocycles. The van der Waals surface area contributed by atoms with E-state index >= 15 is 0 Å². The molecule has 1 aromatic heterocycles. The Labute approximate surface area is 95.8 Å². The third-order valence-corrected chi connectivity index (χ3v) is 2.88. The first kappa shape index (κ1) is 11.4. The van der Waals surface area contributed by atoms with Gasteiger partial charge in [0.25, 0.3) is 6.01 Å². The first-order valence-corrected chi connectivity index (χ1v) is 5.70. The summed E-state index contributed by atoms with van der Waals surface area (Å²) in [6.45, 7) is 2.61. The second-order valence-corrected chi connectivity index (χ2v) is 4.10. The Morgan fingerprint density at radius 1 is 1.69 bits per heavy atom. The van der Waals surface area contributed by atoms with E-state index in [1.807, 2.05) is 7.05 Å². The first-order valence-electron chi connectivity index (χ1n) is 5.70. The zero-order valence-electron chi connectivity index (χ0n) is 9.90. The number of methoxy groups -OCH3 is 1. The lowest BCUT2D eigenvalue weighted by atomic mass is 10.1. The standard InChI is InChI=1S/C11H19N3O2/c1-12-6-9-8-16-11(13-9)14-5-3-4-10(7-14)15-2/h8,10,12H,3-7H2,1-2H3. The van der Waals surface area contributed by atoms with Gasteiger partial charge in [0.2, 0.25) is 0 Å². The maximum absolute atomic E-state index is 5.47. The smallest absolute Gasteiger partial charge is 0.297 e. The normalized spacial score (nSPS) is 21.4. The molecule has 90 valence electrons. The van der Waals surface area contributed by atoms with E-state index in [2.05, 4.69) is 15.2 Å². The third kappa shape index (κ3) is 2.54. The van der Waals surface area contributed by atoms with Crippen LogP contribution in [0.5, 0.6) is 0 Å². The number of anilines is 1. The second-order valence-electron chi connectivity index (χ2n) is 4.10. The van der Waals surface area contributed by atoms with Crippen molar-refractivity contribution in [2.45, 2.75) is 25.5 Å². The molecule has 0 radical (unpaired) electrons. The summed E-state index contributed by atoms with van der Waals surface area (Å²) < 4.78 is 10.8. The molecule has 0 saturated carbocycles. The van der Waals surface area contributed by atoms with Crippen molar-refractivity contribution in [3.8, 4) is 0 Å². The average Bonchev–Trinajstić information content (AvgIpc) is 2.78. The van der Waals surface area contributed by atoms with E-state index in [-0.39, 0.29) is 0 Å². The summed E-state index contributed by atoms with van der Waals surface area (Å²) >= 11 is 0. The molecule has 1 N–H and O–H groups in total. The van der Waals surface area contributed by atoms with Crippen LogP contribution in [0.2, 0.25) is 0 Å². The second kappa shape index (κ2) is 5.32. The molecule has 0 spiro atoms. The maximum atomic E-state index is 5.47. The van der Waals surface area contributed by atoms with Crippen molar-refractivity contribution in [3.63, 3.8) is 0 Å². The molecular weight excluding hydrogens is 206 g/mol. The average molecular weight is 225 g/mol. The summed E-state index contributed by atoms with van der Waals surface area (Å²) in [6, 6.07) is 0.715. The summed E-state index contributed by atoms with van der Waals surface area (Å²) in [5.74, 6) is 0. The van der Waals surface area contributed by atoms with Crippen molar-refractivity contribution >= 4 is 6.01 Å². The largest absolute Gasteiger partial charge is 0.432 e. The Balaban J connectivity index is 1.99. The van der Waals surface area contributed by atoms with Crippen molar-refractivity contribution in [1.82, 2.24) is 10.3 Å². The summed E-state index contributed by atoms with van der Waals surface area (Å²) in [6.07, 6.45) is 4.26.